The highest BCUT2D eigenvalue weighted by Crippen LogP contribution is 2.57. The van der Waals surface area contributed by atoms with Crippen molar-refractivity contribution in [2.45, 2.75) is 29.3 Å². The largest absolute Gasteiger partial charge is 0.464 e. The standard InChI is InChI=1S/C13H16I2O4/c1-13(15,5-14)12(17)18-4-9-6-2-7-8(3-6)11(16)19-10(7)9/h6-10H,2-5H2,1H3. The van der Waals surface area contributed by atoms with Gasteiger partial charge in [0.05, 0.1) is 12.5 Å². The maximum Gasteiger partial charge on any atom is 0.322 e. The number of carbonyl (C=O) groups is 2. The Morgan fingerprint density at radius 2 is 2.26 bits per heavy atom. The van der Waals surface area contributed by atoms with E-state index in [1.807, 2.05) is 6.92 Å². The number of rotatable bonds is 4. The molecule has 0 amide bonds. The highest BCUT2D eigenvalue weighted by molar-refractivity contribution is 14.1. The zero-order valence-corrected chi connectivity index (χ0v) is 14.9. The van der Waals surface area contributed by atoms with E-state index in [9.17, 15) is 9.59 Å². The Labute approximate surface area is 139 Å². The van der Waals surface area contributed by atoms with Crippen LogP contribution in [-0.2, 0) is 19.1 Å². The summed E-state index contributed by atoms with van der Waals surface area (Å²) in [4.78, 5) is 23.6. The van der Waals surface area contributed by atoms with E-state index < -0.39 is 3.42 Å². The molecule has 106 valence electrons. The molecule has 4 nitrogen and oxygen atoms in total. The molecule has 1 aliphatic heterocycles. The first-order chi connectivity index (χ1) is 8.94. The van der Waals surface area contributed by atoms with E-state index in [1.54, 1.807) is 0 Å². The molecule has 0 radical (unpaired) electrons. The van der Waals surface area contributed by atoms with Gasteiger partial charge in [-0.25, -0.2) is 0 Å². The molecule has 19 heavy (non-hydrogen) atoms. The topological polar surface area (TPSA) is 52.6 Å². The molecule has 3 rings (SSSR count). The van der Waals surface area contributed by atoms with Crippen LogP contribution in [0.2, 0.25) is 0 Å². The van der Waals surface area contributed by atoms with Crippen LogP contribution in [-0.4, -0.2) is 32.5 Å². The predicted octanol–water partition coefficient (Wildman–Crippen LogP) is 2.36. The van der Waals surface area contributed by atoms with Gasteiger partial charge >= 0.3 is 11.9 Å². The van der Waals surface area contributed by atoms with Gasteiger partial charge in [-0.2, -0.15) is 0 Å². The Morgan fingerprint density at radius 1 is 1.53 bits per heavy atom. The van der Waals surface area contributed by atoms with E-state index >= 15 is 0 Å². The van der Waals surface area contributed by atoms with Crippen LogP contribution in [0, 0.1) is 23.7 Å². The average Bonchev–Trinajstić information content (AvgIpc) is 2.98. The Bertz CT molecular complexity index is 423. The Morgan fingerprint density at radius 3 is 2.95 bits per heavy atom. The van der Waals surface area contributed by atoms with Gasteiger partial charge in [0.25, 0.3) is 0 Å². The molecular weight excluding hydrogens is 474 g/mol. The van der Waals surface area contributed by atoms with Crippen LogP contribution < -0.4 is 0 Å². The maximum atomic E-state index is 12.0. The van der Waals surface area contributed by atoms with Crippen molar-refractivity contribution in [3.8, 4) is 0 Å². The summed E-state index contributed by atoms with van der Waals surface area (Å²) in [6.45, 7) is 2.29. The first kappa shape index (κ1) is 14.3. The van der Waals surface area contributed by atoms with Crippen LogP contribution in [0.4, 0.5) is 0 Å². The molecule has 6 heteroatoms. The second-order valence-corrected chi connectivity index (χ2v) is 9.14. The molecule has 0 aromatic heterocycles. The lowest BCUT2D eigenvalue weighted by Crippen LogP contribution is -2.36. The molecule has 3 aliphatic rings. The predicted molar refractivity (Wildman–Crippen MR) is 85.3 cm³/mol. The van der Waals surface area contributed by atoms with Gasteiger partial charge in [0.2, 0.25) is 0 Å². The number of alkyl halides is 2. The third-order valence-corrected chi connectivity index (χ3v) is 8.54. The van der Waals surface area contributed by atoms with Crippen LogP contribution in [0.25, 0.3) is 0 Å². The summed E-state index contributed by atoms with van der Waals surface area (Å²) in [5.74, 6) is 1.05. The van der Waals surface area contributed by atoms with Gasteiger partial charge in [-0.15, -0.1) is 0 Å². The number of hydrogen-bond acceptors (Lipinski definition) is 4. The minimum absolute atomic E-state index is 0.00381. The van der Waals surface area contributed by atoms with Gasteiger partial charge in [0.15, 0.2) is 0 Å². The second-order valence-electron chi connectivity index (χ2n) is 6.00. The van der Waals surface area contributed by atoms with Gasteiger partial charge in [0.1, 0.15) is 9.53 Å². The third kappa shape index (κ3) is 2.30. The quantitative estimate of drug-likeness (QED) is 0.345. The van der Waals surface area contributed by atoms with Crippen molar-refractivity contribution in [3.63, 3.8) is 0 Å². The van der Waals surface area contributed by atoms with Crippen molar-refractivity contribution >= 4 is 57.1 Å². The first-order valence-corrected chi connectivity index (χ1v) is 9.17. The highest BCUT2D eigenvalue weighted by atomic mass is 127. The minimum Gasteiger partial charge on any atom is -0.464 e. The van der Waals surface area contributed by atoms with E-state index in [0.717, 1.165) is 17.3 Å². The second kappa shape index (κ2) is 4.99. The van der Waals surface area contributed by atoms with E-state index in [4.69, 9.17) is 9.47 Å². The van der Waals surface area contributed by atoms with E-state index in [0.29, 0.717) is 18.4 Å². The SMILES string of the molecule is CC(I)(CI)C(=O)OCC1C2CC3C(=O)OC1C3C2. The molecule has 0 N–H and O–H groups in total. The average molecular weight is 490 g/mol. The third-order valence-electron chi connectivity index (χ3n) is 4.74. The fraction of sp³-hybridized carbons (Fsp3) is 0.846. The van der Waals surface area contributed by atoms with Crippen LogP contribution in [0.3, 0.4) is 0 Å². The van der Waals surface area contributed by atoms with Crippen molar-refractivity contribution in [2.75, 3.05) is 11.0 Å². The van der Waals surface area contributed by atoms with Gasteiger partial charge in [0, 0.05) is 16.3 Å². The van der Waals surface area contributed by atoms with E-state index in [2.05, 4.69) is 45.2 Å². The van der Waals surface area contributed by atoms with E-state index in [-0.39, 0.29) is 29.9 Å². The fourth-order valence-corrected chi connectivity index (χ4v) is 4.15. The van der Waals surface area contributed by atoms with Crippen LogP contribution in [0.1, 0.15) is 19.8 Å². The Balaban J connectivity index is 1.61. The Kier molecular flexibility index (Phi) is 3.77. The molecular formula is C13H16I2O4. The molecule has 6 atom stereocenters. The fourth-order valence-electron chi connectivity index (χ4n) is 3.68. The molecule has 2 bridgehead atoms. The molecule has 6 unspecified atom stereocenters. The number of esters is 2. The summed E-state index contributed by atoms with van der Waals surface area (Å²) in [7, 11) is 0. The monoisotopic (exact) mass is 490 g/mol. The number of fused-ring (bicyclic) bond motifs is 1. The van der Waals surface area contributed by atoms with Crippen molar-refractivity contribution in [3.05, 3.63) is 0 Å². The maximum absolute atomic E-state index is 12.0. The van der Waals surface area contributed by atoms with Crippen molar-refractivity contribution in [2.24, 2.45) is 23.7 Å². The van der Waals surface area contributed by atoms with E-state index in [1.165, 1.54) is 0 Å². The van der Waals surface area contributed by atoms with Gasteiger partial charge < -0.3 is 9.47 Å². The molecule has 0 spiro atoms. The summed E-state index contributed by atoms with van der Waals surface area (Å²) in [5, 5.41) is 0. The smallest absolute Gasteiger partial charge is 0.322 e. The van der Waals surface area contributed by atoms with Crippen LogP contribution in [0.15, 0.2) is 0 Å². The molecule has 1 saturated heterocycles. The first-order valence-electron chi connectivity index (χ1n) is 6.56. The molecule has 3 fully saturated rings. The van der Waals surface area contributed by atoms with Gasteiger partial charge in [-0.3, -0.25) is 9.59 Å². The normalized spacial score (nSPS) is 42.1. The number of halogens is 2. The van der Waals surface area contributed by atoms with Crippen LogP contribution in [0.5, 0.6) is 0 Å². The summed E-state index contributed by atoms with van der Waals surface area (Å²) in [6.07, 6.45) is 2.00. The number of carbonyl (C=O) groups excluding carboxylic acids is 2. The highest BCUT2D eigenvalue weighted by Gasteiger charge is 2.61. The summed E-state index contributed by atoms with van der Waals surface area (Å²) >= 11 is 4.33. The summed E-state index contributed by atoms with van der Waals surface area (Å²) in [5.41, 5.74) is 0. The number of ether oxygens (including phenoxy) is 2. The Hall–Kier alpha value is 0.400. The minimum atomic E-state index is -0.467. The lowest BCUT2D eigenvalue weighted by molar-refractivity contribution is -0.149. The zero-order chi connectivity index (χ0) is 13.8. The lowest BCUT2D eigenvalue weighted by Gasteiger charge is -2.26. The van der Waals surface area contributed by atoms with Gasteiger partial charge in [-0.05, 0) is 25.7 Å². The van der Waals surface area contributed by atoms with Crippen molar-refractivity contribution < 1.29 is 19.1 Å². The molecule has 0 aromatic carbocycles. The lowest BCUT2D eigenvalue weighted by atomic mass is 9.83. The van der Waals surface area contributed by atoms with Crippen molar-refractivity contribution in [1.29, 1.82) is 0 Å². The molecule has 2 saturated carbocycles. The van der Waals surface area contributed by atoms with Crippen molar-refractivity contribution in [1.82, 2.24) is 0 Å². The number of hydrogen-bond donors (Lipinski definition) is 0. The van der Waals surface area contributed by atoms with Crippen LogP contribution >= 0.6 is 45.2 Å². The molecule has 0 aromatic rings. The summed E-state index contributed by atoms with van der Waals surface area (Å²) < 4.78 is 11.2. The zero-order valence-electron chi connectivity index (χ0n) is 10.6. The summed E-state index contributed by atoms with van der Waals surface area (Å²) in [6, 6.07) is 0. The molecule has 2 aliphatic carbocycles. The molecule has 1 heterocycles. The van der Waals surface area contributed by atoms with Gasteiger partial charge in [-0.1, -0.05) is 45.2 Å².